The van der Waals surface area contributed by atoms with Gasteiger partial charge in [-0.15, -0.1) is 0 Å². The fourth-order valence-electron chi connectivity index (χ4n) is 1.60. The number of hydrogen-bond donors (Lipinski definition) is 3. The van der Waals surface area contributed by atoms with Gasteiger partial charge in [-0.3, -0.25) is 4.79 Å². The molecule has 1 heterocycles. The molecule has 0 aromatic rings. The Hall–Kier alpha value is -1.03. The van der Waals surface area contributed by atoms with Crippen molar-refractivity contribution in [2.45, 2.75) is 31.8 Å². The Balaban J connectivity index is 2.59. The van der Waals surface area contributed by atoms with Gasteiger partial charge in [-0.1, -0.05) is 0 Å². The quantitative estimate of drug-likeness (QED) is 0.550. The van der Waals surface area contributed by atoms with E-state index in [9.17, 15) is 4.79 Å². The van der Waals surface area contributed by atoms with E-state index in [1.54, 1.807) is 13.2 Å². The molecule has 0 aliphatic carbocycles. The zero-order valence-corrected chi connectivity index (χ0v) is 8.13. The summed E-state index contributed by atoms with van der Waals surface area (Å²) in [7, 11) is 1.79. The standard InChI is InChI=1S/C9H17N3O/c1-6-3-7(13)4-9(12-6)8(10)5-11-2/h5-6,9,11-12H,3-4,10H2,1-2H3/b8-5-/t6?,9-/m0/s1. The van der Waals surface area contributed by atoms with Crippen LogP contribution in [0.1, 0.15) is 19.8 Å². The zero-order chi connectivity index (χ0) is 9.84. The molecule has 1 aliphatic heterocycles. The molecule has 13 heavy (non-hydrogen) atoms. The summed E-state index contributed by atoms with van der Waals surface area (Å²) in [5, 5.41) is 6.13. The normalized spacial score (nSPS) is 30.3. The highest BCUT2D eigenvalue weighted by Gasteiger charge is 2.24. The molecular formula is C9H17N3O. The number of carbonyl (C=O) groups is 1. The molecule has 74 valence electrons. The summed E-state index contributed by atoms with van der Waals surface area (Å²) in [5.74, 6) is 0.281. The minimum Gasteiger partial charge on any atom is -0.400 e. The number of piperidine rings is 1. The van der Waals surface area contributed by atoms with Crippen molar-refractivity contribution in [1.82, 2.24) is 10.6 Å². The van der Waals surface area contributed by atoms with Gasteiger partial charge in [0.15, 0.2) is 0 Å². The first-order valence-electron chi connectivity index (χ1n) is 4.54. The molecule has 0 aromatic carbocycles. The van der Waals surface area contributed by atoms with Gasteiger partial charge in [-0.25, -0.2) is 0 Å². The predicted octanol–water partition coefficient (Wildman–Crippen LogP) is -0.284. The lowest BCUT2D eigenvalue weighted by molar-refractivity contribution is -0.121. The largest absolute Gasteiger partial charge is 0.400 e. The van der Waals surface area contributed by atoms with Gasteiger partial charge in [0.1, 0.15) is 5.78 Å². The highest BCUT2D eigenvalue weighted by molar-refractivity contribution is 5.80. The summed E-state index contributed by atoms with van der Waals surface area (Å²) in [5.41, 5.74) is 6.46. The molecule has 4 N–H and O–H groups in total. The van der Waals surface area contributed by atoms with Crippen molar-refractivity contribution in [2.24, 2.45) is 5.73 Å². The van der Waals surface area contributed by atoms with Crippen molar-refractivity contribution < 1.29 is 4.79 Å². The van der Waals surface area contributed by atoms with Crippen molar-refractivity contribution in [3.63, 3.8) is 0 Å². The second kappa shape index (κ2) is 4.28. The Morgan fingerprint density at radius 2 is 2.38 bits per heavy atom. The molecule has 0 radical (unpaired) electrons. The monoisotopic (exact) mass is 183 g/mol. The summed E-state index contributed by atoms with van der Waals surface area (Å²) in [6.45, 7) is 2.00. The number of hydrogen-bond acceptors (Lipinski definition) is 4. The van der Waals surface area contributed by atoms with E-state index in [0.29, 0.717) is 18.5 Å². The fourth-order valence-corrected chi connectivity index (χ4v) is 1.60. The number of ketones is 1. The summed E-state index contributed by atoms with van der Waals surface area (Å²) >= 11 is 0. The summed E-state index contributed by atoms with van der Waals surface area (Å²) < 4.78 is 0. The maximum absolute atomic E-state index is 11.2. The predicted molar refractivity (Wildman–Crippen MR) is 52.0 cm³/mol. The maximum Gasteiger partial charge on any atom is 0.136 e. The first-order chi connectivity index (χ1) is 6.13. The first kappa shape index (κ1) is 10.1. The summed E-state index contributed by atoms with van der Waals surface area (Å²) in [6, 6.07) is 0.235. The van der Waals surface area contributed by atoms with E-state index in [2.05, 4.69) is 10.6 Å². The summed E-state index contributed by atoms with van der Waals surface area (Å²) in [6.07, 6.45) is 2.85. The van der Waals surface area contributed by atoms with Crippen LogP contribution in [0.15, 0.2) is 11.9 Å². The number of nitrogens with one attached hydrogen (secondary N) is 2. The van der Waals surface area contributed by atoms with E-state index >= 15 is 0 Å². The van der Waals surface area contributed by atoms with E-state index in [0.717, 1.165) is 0 Å². The maximum atomic E-state index is 11.2. The fraction of sp³-hybridized carbons (Fsp3) is 0.667. The Bertz CT molecular complexity index is 225. The second-order valence-electron chi connectivity index (χ2n) is 3.50. The van der Waals surface area contributed by atoms with Crippen LogP contribution in [0.4, 0.5) is 0 Å². The lowest BCUT2D eigenvalue weighted by Gasteiger charge is -2.28. The molecule has 1 fully saturated rings. The Kier molecular flexibility index (Phi) is 3.31. The third-order valence-corrected chi connectivity index (χ3v) is 2.16. The van der Waals surface area contributed by atoms with Gasteiger partial charge in [0.25, 0.3) is 0 Å². The van der Waals surface area contributed by atoms with E-state index in [-0.39, 0.29) is 17.9 Å². The Morgan fingerprint density at radius 1 is 1.69 bits per heavy atom. The number of nitrogens with two attached hydrogens (primary N) is 1. The molecule has 1 aliphatic rings. The van der Waals surface area contributed by atoms with Crippen molar-refractivity contribution in [3.8, 4) is 0 Å². The molecule has 0 aromatic heterocycles. The average molecular weight is 183 g/mol. The van der Waals surface area contributed by atoms with Gasteiger partial charge in [-0.2, -0.15) is 0 Å². The van der Waals surface area contributed by atoms with Gasteiger partial charge in [-0.05, 0) is 6.92 Å². The van der Waals surface area contributed by atoms with Crippen LogP contribution in [0.5, 0.6) is 0 Å². The lowest BCUT2D eigenvalue weighted by Crippen LogP contribution is -2.47. The number of rotatable bonds is 2. The van der Waals surface area contributed by atoms with Gasteiger partial charge < -0.3 is 16.4 Å². The van der Waals surface area contributed by atoms with E-state index in [1.807, 2.05) is 6.92 Å². The molecule has 2 atom stereocenters. The molecule has 0 saturated carbocycles. The van der Waals surface area contributed by atoms with Crippen LogP contribution in [0.2, 0.25) is 0 Å². The third-order valence-electron chi connectivity index (χ3n) is 2.16. The highest BCUT2D eigenvalue weighted by Crippen LogP contribution is 2.12. The molecule has 1 unspecified atom stereocenters. The minimum absolute atomic E-state index is 0.00343. The van der Waals surface area contributed by atoms with Crippen LogP contribution in [0, 0.1) is 0 Å². The third kappa shape index (κ3) is 2.73. The average Bonchev–Trinajstić information content (AvgIpc) is 2.03. The number of Topliss-reactive ketones (excluding diaryl/α,β-unsaturated/α-hetero) is 1. The van der Waals surface area contributed by atoms with Crippen LogP contribution in [0.25, 0.3) is 0 Å². The Morgan fingerprint density at radius 3 is 2.92 bits per heavy atom. The number of carbonyl (C=O) groups excluding carboxylic acids is 1. The van der Waals surface area contributed by atoms with Crippen LogP contribution in [0.3, 0.4) is 0 Å². The first-order valence-corrected chi connectivity index (χ1v) is 4.54. The molecule has 4 nitrogen and oxygen atoms in total. The van der Waals surface area contributed by atoms with E-state index in [1.165, 1.54) is 0 Å². The van der Waals surface area contributed by atoms with Crippen molar-refractivity contribution in [2.75, 3.05) is 7.05 Å². The smallest absolute Gasteiger partial charge is 0.136 e. The SMILES string of the molecule is CN/C=C(\N)[C@@H]1CC(=O)CC(C)N1. The molecular weight excluding hydrogens is 166 g/mol. The molecule has 0 bridgehead atoms. The van der Waals surface area contributed by atoms with Crippen molar-refractivity contribution in [3.05, 3.63) is 11.9 Å². The summed E-state index contributed by atoms with van der Waals surface area (Å²) in [4.78, 5) is 11.2. The minimum atomic E-state index is 0.00343. The van der Waals surface area contributed by atoms with Crippen LogP contribution < -0.4 is 16.4 Å². The Labute approximate surface area is 78.6 Å². The topological polar surface area (TPSA) is 67.1 Å². The van der Waals surface area contributed by atoms with Crippen molar-refractivity contribution in [1.29, 1.82) is 0 Å². The van der Waals surface area contributed by atoms with E-state index < -0.39 is 0 Å². The van der Waals surface area contributed by atoms with Gasteiger partial charge in [0, 0.05) is 37.8 Å². The lowest BCUT2D eigenvalue weighted by atomic mass is 9.96. The van der Waals surface area contributed by atoms with Gasteiger partial charge in [0.2, 0.25) is 0 Å². The van der Waals surface area contributed by atoms with Crippen LogP contribution in [-0.4, -0.2) is 24.9 Å². The van der Waals surface area contributed by atoms with Crippen molar-refractivity contribution >= 4 is 5.78 Å². The molecule has 0 spiro atoms. The second-order valence-corrected chi connectivity index (χ2v) is 3.50. The van der Waals surface area contributed by atoms with Crippen LogP contribution in [-0.2, 0) is 4.79 Å². The van der Waals surface area contributed by atoms with Gasteiger partial charge in [0.05, 0.1) is 6.04 Å². The van der Waals surface area contributed by atoms with E-state index in [4.69, 9.17) is 5.73 Å². The van der Waals surface area contributed by atoms with Crippen LogP contribution >= 0.6 is 0 Å². The molecule has 1 saturated heterocycles. The van der Waals surface area contributed by atoms with Gasteiger partial charge >= 0.3 is 0 Å². The molecule has 1 rings (SSSR count). The molecule has 4 heteroatoms. The highest BCUT2D eigenvalue weighted by atomic mass is 16.1. The zero-order valence-electron chi connectivity index (χ0n) is 8.13. The molecule has 0 amide bonds.